The van der Waals surface area contributed by atoms with Crippen LogP contribution in [0.4, 0.5) is 10.1 Å². The number of amides is 2. The number of pyridine rings is 1. The molecule has 8 heteroatoms. The standard InChI is InChI=1S/C23H19ClFN3O3/c1-14-23(30)28(12-15-4-6-17(25)7-5-15)13-16-11-18(8-9-20(16)31-14)27-22(29)19-3-2-10-26-21(19)24/h2-11,14H,12-13H2,1H3,(H,27,29). The van der Waals surface area contributed by atoms with Gasteiger partial charge in [0, 0.05) is 30.5 Å². The van der Waals surface area contributed by atoms with Crippen molar-refractivity contribution in [2.45, 2.75) is 26.1 Å². The lowest BCUT2D eigenvalue weighted by Gasteiger charge is -2.22. The first-order valence-corrected chi connectivity index (χ1v) is 10.0. The minimum Gasteiger partial charge on any atom is -0.481 e. The molecule has 0 saturated heterocycles. The predicted molar refractivity (Wildman–Crippen MR) is 114 cm³/mol. The zero-order valence-electron chi connectivity index (χ0n) is 16.6. The Kier molecular flexibility index (Phi) is 5.86. The average molecular weight is 440 g/mol. The normalized spacial score (nSPS) is 15.6. The Morgan fingerprint density at radius 1 is 1.26 bits per heavy atom. The molecule has 0 saturated carbocycles. The molecule has 2 heterocycles. The Balaban J connectivity index is 1.57. The van der Waals surface area contributed by atoms with Gasteiger partial charge in [-0.1, -0.05) is 23.7 Å². The van der Waals surface area contributed by atoms with Gasteiger partial charge in [0.15, 0.2) is 6.10 Å². The van der Waals surface area contributed by atoms with Gasteiger partial charge >= 0.3 is 0 Å². The van der Waals surface area contributed by atoms with Gasteiger partial charge in [-0.05, 0) is 55.0 Å². The van der Waals surface area contributed by atoms with E-state index < -0.39 is 6.10 Å². The number of carbonyl (C=O) groups excluding carboxylic acids is 2. The maximum atomic E-state index is 13.2. The number of ether oxygens (including phenoxy) is 1. The summed E-state index contributed by atoms with van der Waals surface area (Å²) in [4.78, 5) is 30.9. The summed E-state index contributed by atoms with van der Waals surface area (Å²) < 4.78 is 19.0. The molecule has 3 aromatic rings. The summed E-state index contributed by atoms with van der Waals surface area (Å²) in [6.45, 7) is 2.29. The van der Waals surface area contributed by atoms with Crippen LogP contribution in [0.2, 0.25) is 5.15 Å². The van der Waals surface area contributed by atoms with E-state index in [0.29, 0.717) is 18.0 Å². The van der Waals surface area contributed by atoms with Crippen molar-refractivity contribution in [1.29, 1.82) is 0 Å². The first-order valence-electron chi connectivity index (χ1n) is 9.65. The second-order valence-corrected chi connectivity index (χ2v) is 7.56. The van der Waals surface area contributed by atoms with Gasteiger partial charge in [-0.2, -0.15) is 0 Å². The van der Waals surface area contributed by atoms with Crippen LogP contribution < -0.4 is 10.1 Å². The highest BCUT2D eigenvalue weighted by atomic mass is 35.5. The molecule has 1 aliphatic rings. The zero-order chi connectivity index (χ0) is 22.0. The lowest BCUT2D eigenvalue weighted by Crippen LogP contribution is -2.37. The van der Waals surface area contributed by atoms with Crippen molar-refractivity contribution in [1.82, 2.24) is 9.88 Å². The molecule has 0 aliphatic carbocycles. The number of nitrogens with zero attached hydrogens (tertiary/aromatic N) is 2. The second-order valence-electron chi connectivity index (χ2n) is 7.20. The highest BCUT2D eigenvalue weighted by Gasteiger charge is 2.28. The molecule has 1 unspecified atom stereocenters. The minimum absolute atomic E-state index is 0.114. The van der Waals surface area contributed by atoms with Gasteiger partial charge in [-0.15, -0.1) is 0 Å². The third kappa shape index (κ3) is 4.67. The summed E-state index contributed by atoms with van der Waals surface area (Å²) >= 11 is 6.00. The van der Waals surface area contributed by atoms with Crippen LogP contribution in [0.15, 0.2) is 60.8 Å². The SMILES string of the molecule is CC1Oc2ccc(NC(=O)c3cccnc3Cl)cc2CN(Cc2ccc(F)cc2)C1=O. The van der Waals surface area contributed by atoms with Crippen LogP contribution in [-0.4, -0.2) is 27.8 Å². The van der Waals surface area contributed by atoms with Crippen molar-refractivity contribution in [3.8, 4) is 5.75 Å². The summed E-state index contributed by atoms with van der Waals surface area (Å²) in [6.07, 6.45) is 0.837. The van der Waals surface area contributed by atoms with E-state index in [4.69, 9.17) is 16.3 Å². The van der Waals surface area contributed by atoms with Gasteiger partial charge in [0.2, 0.25) is 0 Å². The first kappa shape index (κ1) is 20.8. The van der Waals surface area contributed by atoms with Crippen LogP contribution in [0.5, 0.6) is 5.75 Å². The van der Waals surface area contributed by atoms with E-state index in [1.165, 1.54) is 18.3 Å². The van der Waals surface area contributed by atoms with Crippen LogP contribution >= 0.6 is 11.6 Å². The fourth-order valence-corrected chi connectivity index (χ4v) is 3.58. The molecular formula is C23H19ClFN3O3. The number of anilines is 1. The van der Waals surface area contributed by atoms with E-state index in [9.17, 15) is 14.0 Å². The van der Waals surface area contributed by atoms with Gasteiger partial charge in [0.1, 0.15) is 16.7 Å². The number of aromatic nitrogens is 1. The maximum Gasteiger partial charge on any atom is 0.263 e. The Morgan fingerprint density at radius 2 is 2.03 bits per heavy atom. The van der Waals surface area contributed by atoms with E-state index in [0.717, 1.165) is 11.1 Å². The molecule has 0 spiro atoms. The summed E-state index contributed by atoms with van der Waals surface area (Å²) in [7, 11) is 0. The van der Waals surface area contributed by atoms with Crippen molar-refractivity contribution in [2.24, 2.45) is 0 Å². The molecule has 31 heavy (non-hydrogen) atoms. The quantitative estimate of drug-likeness (QED) is 0.610. The van der Waals surface area contributed by atoms with Crippen molar-refractivity contribution in [3.05, 3.63) is 88.5 Å². The molecule has 0 fully saturated rings. The van der Waals surface area contributed by atoms with Gasteiger partial charge in [0.25, 0.3) is 11.8 Å². The Labute approximate surface area is 183 Å². The van der Waals surface area contributed by atoms with E-state index in [-0.39, 0.29) is 34.9 Å². The highest BCUT2D eigenvalue weighted by molar-refractivity contribution is 6.33. The number of hydrogen-bond acceptors (Lipinski definition) is 4. The number of benzene rings is 2. The van der Waals surface area contributed by atoms with Gasteiger partial charge < -0.3 is 15.0 Å². The highest BCUT2D eigenvalue weighted by Crippen LogP contribution is 2.30. The predicted octanol–water partition coefficient (Wildman–Crippen LogP) is 4.44. The molecule has 1 aromatic heterocycles. The van der Waals surface area contributed by atoms with Crippen LogP contribution in [0, 0.1) is 5.82 Å². The van der Waals surface area contributed by atoms with Gasteiger partial charge in [0.05, 0.1) is 5.56 Å². The molecule has 158 valence electrons. The largest absolute Gasteiger partial charge is 0.481 e. The minimum atomic E-state index is -0.670. The molecule has 1 aliphatic heterocycles. The summed E-state index contributed by atoms with van der Waals surface area (Å²) in [6, 6.07) is 14.4. The monoisotopic (exact) mass is 439 g/mol. The number of fused-ring (bicyclic) bond motifs is 1. The molecule has 6 nitrogen and oxygen atoms in total. The van der Waals surface area contributed by atoms with Crippen molar-refractivity contribution < 1.29 is 18.7 Å². The third-order valence-corrected chi connectivity index (χ3v) is 5.23. The van der Waals surface area contributed by atoms with Crippen LogP contribution in [-0.2, 0) is 17.9 Å². The van der Waals surface area contributed by atoms with Gasteiger partial charge in [-0.25, -0.2) is 9.37 Å². The molecular weight excluding hydrogens is 421 g/mol. The Morgan fingerprint density at radius 3 is 2.77 bits per heavy atom. The van der Waals surface area contributed by atoms with E-state index in [1.54, 1.807) is 54.3 Å². The first-order chi connectivity index (χ1) is 14.9. The Bertz CT molecular complexity index is 1140. The summed E-state index contributed by atoms with van der Waals surface area (Å²) in [5.74, 6) is -0.324. The van der Waals surface area contributed by atoms with Crippen LogP contribution in [0.3, 0.4) is 0 Å². The van der Waals surface area contributed by atoms with Crippen LogP contribution in [0.1, 0.15) is 28.4 Å². The average Bonchev–Trinajstić information content (AvgIpc) is 2.86. The second kappa shape index (κ2) is 8.73. The number of hydrogen-bond donors (Lipinski definition) is 1. The third-order valence-electron chi connectivity index (χ3n) is 4.93. The molecule has 1 N–H and O–H groups in total. The molecule has 4 rings (SSSR count). The van der Waals surface area contributed by atoms with E-state index >= 15 is 0 Å². The number of rotatable bonds is 4. The zero-order valence-corrected chi connectivity index (χ0v) is 17.4. The summed E-state index contributed by atoms with van der Waals surface area (Å²) in [5.41, 5.74) is 2.35. The molecule has 0 bridgehead atoms. The lowest BCUT2D eigenvalue weighted by molar-refractivity contribution is -0.138. The van der Waals surface area contributed by atoms with E-state index in [2.05, 4.69) is 10.3 Å². The number of halogens is 2. The van der Waals surface area contributed by atoms with Crippen molar-refractivity contribution >= 4 is 29.1 Å². The molecule has 2 amide bonds. The van der Waals surface area contributed by atoms with Gasteiger partial charge in [-0.3, -0.25) is 9.59 Å². The Hall–Kier alpha value is -3.45. The number of nitrogens with one attached hydrogen (secondary N) is 1. The fourth-order valence-electron chi connectivity index (χ4n) is 3.38. The topological polar surface area (TPSA) is 71.5 Å². The molecule has 2 aromatic carbocycles. The lowest BCUT2D eigenvalue weighted by atomic mass is 10.1. The van der Waals surface area contributed by atoms with Crippen molar-refractivity contribution in [2.75, 3.05) is 5.32 Å². The fraction of sp³-hybridized carbons (Fsp3) is 0.174. The maximum absolute atomic E-state index is 13.2. The molecule has 1 atom stereocenters. The van der Waals surface area contributed by atoms with E-state index in [1.807, 2.05) is 0 Å². The number of carbonyl (C=O) groups is 2. The van der Waals surface area contributed by atoms with Crippen molar-refractivity contribution in [3.63, 3.8) is 0 Å². The molecule has 0 radical (unpaired) electrons. The summed E-state index contributed by atoms with van der Waals surface area (Å²) in [5, 5.41) is 2.91. The van der Waals surface area contributed by atoms with Crippen LogP contribution in [0.25, 0.3) is 0 Å². The smallest absolute Gasteiger partial charge is 0.263 e.